The number of carboxylic acid groups (broad SMARTS) is 1. The van der Waals surface area contributed by atoms with Crippen LogP contribution in [0.3, 0.4) is 0 Å². The van der Waals surface area contributed by atoms with Crippen molar-refractivity contribution >= 4 is 34.1 Å². The number of carbonyl (C=O) groups is 1. The van der Waals surface area contributed by atoms with Crippen molar-refractivity contribution < 1.29 is 9.90 Å². The second kappa shape index (κ2) is 10.3. The molecule has 36 heavy (non-hydrogen) atoms. The number of para-hydroxylation sites is 1. The van der Waals surface area contributed by atoms with Crippen LogP contribution >= 0.6 is 0 Å². The van der Waals surface area contributed by atoms with Crippen molar-refractivity contribution in [1.82, 2.24) is 9.78 Å². The van der Waals surface area contributed by atoms with Crippen LogP contribution in [0, 0.1) is 0 Å². The maximum Gasteiger partial charge on any atom is 0.328 e. The van der Waals surface area contributed by atoms with Crippen molar-refractivity contribution in [3.63, 3.8) is 0 Å². The highest BCUT2D eigenvalue weighted by atomic mass is 16.4. The predicted octanol–water partition coefficient (Wildman–Crippen LogP) is 7.49. The second-order valence-electron chi connectivity index (χ2n) is 8.53. The molecule has 0 spiro atoms. The van der Waals surface area contributed by atoms with Gasteiger partial charge in [-0.15, -0.1) is 0 Å². The van der Waals surface area contributed by atoms with Crippen LogP contribution in [0.25, 0.3) is 33.8 Å². The van der Waals surface area contributed by atoms with E-state index in [1.165, 1.54) is 11.1 Å². The Morgan fingerprint density at radius 2 is 1.50 bits per heavy atom. The summed E-state index contributed by atoms with van der Waals surface area (Å²) >= 11 is 0. The molecule has 0 aliphatic carbocycles. The first-order valence-corrected chi connectivity index (χ1v) is 12.0. The molecule has 5 rings (SSSR count). The Kier molecular flexibility index (Phi) is 6.59. The summed E-state index contributed by atoms with van der Waals surface area (Å²) in [5, 5.41) is 14.7. The van der Waals surface area contributed by atoms with Crippen molar-refractivity contribution in [1.29, 1.82) is 0 Å². The van der Waals surface area contributed by atoms with E-state index in [4.69, 9.17) is 5.11 Å². The smallest absolute Gasteiger partial charge is 0.328 e. The minimum absolute atomic E-state index is 0.845. The van der Waals surface area contributed by atoms with Gasteiger partial charge >= 0.3 is 5.97 Å². The molecular formula is C32H26N2O2. The van der Waals surface area contributed by atoms with Gasteiger partial charge in [-0.2, -0.15) is 5.10 Å². The molecule has 0 amide bonds. The van der Waals surface area contributed by atoms with Crippen LogP contribution in [0.4, 0.5) is 0 Å². The van der Waals surface area contributed by atoms with E-state index in [1.54, 1.807) is 6.08 Å². The van der Waals surface area contributed by atoms with Gasteiger partial charge in [0.15, 0.2) is 0 Å². The molecule has 0 radical (unpaired) electrons. The third-order valence-electron chi connectivity index (χ3n) is 6.25. The SMILES string of the molecule is CC/C(=C(/c1ccc(/C=C/C(=O)O)cc1)c1ccc2c(cnn2-c2ccccc2)c1)c1ccccc1. The lowest BCUT2D eigenvalue weighted by atomic mass is 9.87. The van der Waals surface area contributed by atoms with Crippen LogP contribution in [0.1, 0.15) is 35.6 Å². The van der Waals surface area contributed by atoms with Crippen LogP contribution in [0.5, 0.6) is 0 Å². The van der Waals surface area contributed by atoms with Gasteiger partial charge in [0.1, 0.15) is 0 Å². The van der Waals surface area contributed by atoms with E-state index in [1.807, 2.05) is 47.3 Å². The highest BCUT2D eigenvalue weighted by Gasteiger charge is 2.15. The maximum atomic E-state index is 10.9. The monoisotopic (exact) mass is 470 g/mol. The Morgan fingerprint density at radius 3 is 2.17 bits per heavy atom. The van der Waals surface area contributed by atoms with Gasteiger partial charge in [-0.1, -0.05) is 85.8 Å². The van der Waals surface area contributed by atoms with Gasteiger partial charge in [0.2, 0.25) is 0 Å². The van der Waals surface area contributed by atoms with E-state index < -0.39 is 5.97 Å². The van der Waals surface area contributed by atoms with E-state index in [0.29, 0.717) is 0 Å². The Hall–Kier alpha value is -4.70. The molecule has 176 valence electrons. The van der Waals surface area contributed by atoms with Gasteiger partial charge in [0.05, 0.1) is 17.4 Å². The van der Waals surface area contributed by atoms with Crippen LogP contribution < -0.4 is 0 Å². The zero-order valence-corrected chi connectivity index (χ0v) is 20.0. The van der Waals surface area contributed by atoms with Crippen molar-refractivity contribution in [2.75, 3.05) is 0 Å². The number of fused-ring (bicyclic) bond motifs is 1. The van der Waals surface area contributed by atoms with E-state index in [-0.39, 0.29) is 0 Å². The number of hydrogen-bond donors (Lipinski definition) is 1. The molecule has 4 aromatic carbocycles. The number of benzene rings is 4. The second-order valence-corrected chi connectivity index (χ2v) is 8.53. The van der Waals surface area contributed by atoms with Gasteiger partial charge in [-0.3, -0.25) is 0 Å². The third-order valence-corrected chi connectivity index (χ3v) is 6.25. The Bertz CT molecular complexity index is 1560. The van der Waals surface area contributed by atoms with Gasteiger partial charge in [-0.05, 0) is 70.2 Å². The lowest BCUT2D eigenvalue weighted by Crippen LogP contribution is -1.97. The molecule has 0 atom stereocenters. The molecule has 0 aliphatic heterocycles. The van der Waals surface area contributed by atoms with Crippen molar-refractivity contribution in [2.45, 2.75) is 13.3 Å². The fraction of sp³-hybridized carbons (Fsp3) is 0.0625. The molecule has 4 heteroatoms. The lowest BCUT2D eigenvalue weighted by Gasteiger charge is -2.17. The number of hydrogen-bond acceptors (Lipinski definition) is 2. The Balaban J connectivity index is 1.66. The van der Waals surface area contributed by atoms with E-state index >= 15 is 0 Å². The number of aliphatic carboxylic acids is 1. The lowest BCUT2D eigenvalue weighted by molar-refractivity contribution is -0.131. The summed E-state index contributed by atoms with van der Waals surface area (Å²) < 4.78 is 1.96. The number of allylic oxidation sites excluding steroid dienone is 1. The maximum absolute atomic E-state index is 10.9. The molecule has 0 fully saturated rings. The summed E-state index contributed by atoms with van der Waals surface area (Å²) in [7, 11) is 0. The number of aromatic nitrogens is 2. The van der Waals surface area contributed by atoms with Crippen LogP contribution in [0.15, 0.2) is 115 Å². The molecule has 5 aromatic rings. The standard InChI is InChI=1S/C32H26N2O2/c1-2-29(24-9-5-3-6-10-24)32(25-16-13-23(14-17-25)15-20-31(35)36)26-18-19-30-27(21-26)22-33-34(30)28-11-7-4-8-12-28/h3-22H,2H2,1H3,(H,35,36)/b20-15+,32-29+. The summed E-state index contributed by atoms with van der Waals surface area (Å²) in [6, 6.07) is 35.1. The largest absolute Gasteiger partial charge is 0.478 e. The number of carboxylic acids is 1. The first kappa shape index (κ1) is 23.1. The van der Waals surface area contributed by atoms with E-state index in [9.17, 15) is 4.79 Å². The molecule has 0 saturated carbocycles. The summed E-state index contributed by atoms with van der Waals surface area (Å²) in [4.78, 5) is 10.9. The fourth-order valence-electron chi connectivity index (χ4n) is 4.57. The Morgan fingerprint density at radius 1 is 0.833 bits per heavy atom. The highest BCUT2D eigenvalue weighted by molar-refractivity contribution is 6.00. The zero-order valence-electron chi connectivity index (χ0n) is 20.0. The Labute approximate surface area is 210 Å². The van der Waals surface area contributed by atoms with E-state index in [0.717, 1.165) is 51.4 Å². The molecule has 0 bridgehead atoms. The fourth-order valence-corrected chi connectivity index (χ4v) is 4.57. The molecule has 0 aliphatic rings. The number of rotatable bonds is 7. The zero-order chi connectivity index (χ0) is 24.9. The highest BCUT2D eigenvalue weighted by Crippen LogP contribution is 2.36. The molecule has 4 nitrogen and oxygen atoms in total. The summed E-state index contributed by atoms with van der Waals surface area (Å²) in [6.45, 7) is 2.18. The van der Waals surface area contributed by atoms with Crippen LogP contribution in [-0.2, 0) is 4.79 Å². The van der Waals surface area contributed by atoms with Crippen molar-refractivity contribution in [3.05, 3.63) is 138 Å². The topological polar surface area (TPSA) is 55.1 Å². The summed E-state index contributed by atoms with van der Waals surface area (Å²) in [6.07, 6.45) is 5.54. The van der Waals surface area contributed by atoms with Gasteiger partial charge < -0.3 is 5.11 Å². The van der Waals surface area contributed by atoms with Crippen LogP contribution in [-0.4, -0.2) is 20.9 Å². The van der Waals surface area contributed by atoms with Gasteiger partial charge in [0.25, 0.3) is 0 Å². The molecule has 1 N–H and O–H groups in total. The van der Waals surface area contributed by atoms with Gasteiger partial charge in [-0.25, -0.2) is 9.48 Å². The van der Waals surface area contributed by atoms with Crippen molar-refractivity contribution in [2.24, 2.45) is 0 Å². The number of nitrogens with zero attached hydrogens (tertiary/aromatic N) is 2. The minimum atomic E-state index is -0.957. The summed E-state index contributed by atoms with van der Waals surface area (Å²) in [5.74, 6) is -0.957. The predicted molar refractivity (Wildman–Crippen MR) is 147 cm³/mol. The molecule has 1 aromatic heterocycles. The minimum Gasteiger partial charge on any atom is -0.478 e. The molecule has 1 heterocycles. The molecule has 0 unspecified atom stereocenters. The summed E-state index contributed by atoms with van der Waals surface area (Å²) in [5.41, 5.74) is 8.72. The average Bonchev–Trinajstić information content (AvgIpc) is 3.35. The van der Waals surface area contributed by atoms with Gasteiger partial charge in [0, 0.05) is 11.5 Å². The third kappa shape index (κ3) is 4.75. The first-order chi connectivity index (χ1) is 17.6. The normalized spacial score (nSPS) is 12.1. The molecular weight excluding hydrogens is 444 g/mol. The average molecular weight is 471 g/mol. The quantitative estimate of drug-likeness (QED) is 0.198. The van der Waals surface area contributed by atoms with Crippen LogP contribution in [0.2, 0.25) is 0 Å². The van der Waals surface area contributed by atoms with Crippen molar-refractivity contribution in [3.8, 4) is 5.69 Å². The van der Waals surface area contributed by atoms with E-state index in [2.05, 4.69) is 78.8 Å². The molecule has 0 saturated heterocycles. The first-order valence-electron chi connectivity index (χ1n) is 12.0.